The number of rotatable bonds is 4. The van der Waals surface area contributed by atoms with Crippen LogP contribution in [0.15, 0.2) is 29.2 Å². The van der Waals surface area contributed by atoms with E-state index >= 15 is 0 Å². The summed E-state index contributed by atoms with van der Waals surface area (Å²) in [7, 11) is -1.99. The van der Waals surface area contributed by atoms with Gasteiger partial charge in [-0.3, -0.25) is 0 Å². The summed E-state index contributed by atoms with van der Waals surface area (Å²) >= 11 is 12.1. The molecule has 0 aliphatic carbocycles. The fourth-order valence-corrected chi connectivity index (χ4v) is 5.83. The second-order valence-electron chi connectivity index (χ2n) is 6.96. The first-order valence-corrected chi connectivity index (χ1v) is 11.2. The van der Waals surface area contributed by atoms with Crippen LogP contribution in [0, 0.1) is 20.8 Å². The molecule has 1 heterocycles. The number of piperazine rings is 1. The Bertz CT molecular complexity index is 1000. The average molecular weight is 443 g/mol. The SMILES string of the molecule is COc1cc(C)c(S(=O)(=O)N2CCN(c3ccc(Cl)c(Cl)c3)CC2)c(C)c1C. The van der Waals surface area contributed by atoms with Crippen LogP contribution in [0.3, 0.4) is 0 Å². The molecule has 0 radical (unpaired) electrons. The summed E-state index contributed by atoms with van der Waals surface area (Å²) in [5.41, 5.74) is 3.23. The molecular weight excluding hydrogens is 419 g/mol. The topological polar surface area (TPSA) is 49.9 Å². The first-order valence-electron chi connectivity index (χ1n) is 9.01. The normalized spacial score (nSPS) is 15.7. The molecule has 28 heavy (non-hydrogen) atoms. The Labute approximate surface area is 176 Å². The summed E-state index contributed by atoms with van der Waals surface area (Å²) in [5, 5.41) is 1.00. The second kappa shape index (κ2) is 8.11. The van der Waals surface area contributed by atoms with Gasteiger partial charge in [0.2, 0.25) is 10.0 Å². The van der Waals surface area contributed by atoms with E-state index in [4.69, 9.17) is 27.9 Å². The third-order valence-electron chi connectivity index (χ3n) is 5.30. The first-order chi connectivity index (χ1) is 13.2. The van der Waals surface area contributed by atoms with Gasteiger partial charge < -0.3 is 9.64 Å². The fourth-order valence-electron chi connectivity index (χ4n) is 3.63. The van der Waals surface area contributed by atoms with Gasteiger partial charge in [0.25, 0.3) is 0 Å². The van der Waals surface area contributed by atoms with Crippen molar-refractivity contribution >= 4 is 38.9 Å². The van der Waals surface area contributed by atoms with Crippen LogP contribution in [0.5, 0.6) is 5.75 Å². The Morgan fingerprint density at radius 1 is 0.929 bits per heavy atom. The van der Waals surface area contributed by atoms with Crippen LogP contribution in [0.4, 0.5) is 5.69 Å². The van der Waals surface area contributed by atoms with Crippen molar-refractivity contribution in [1.82, 2.24) is 4.31 Å². The van der Waals surface area contributed by atoms with Crippen molar-refractivity contribution in [3.63, 3.8) is 0 Å². The number of nitrogens with zero attached hydrogens (tertiary/aromatic N) is 2. The van der Waals surface area contributed by atoms with E-state index < -0.39 is 10.0 Å². The van der Waals surface area contributed by atoms with Gasteiger partial charge >= 0.3 is 0 Å². The van der Waals surface area contributed by atoms with Crippen LogP contribution in [-0.2, 0) is 10.0 Å². The van der Waals surface area contributed by atoms with Crippen LogP contribution in [0.1, 0.15) is 16.7 Å². The van der Waals surface area contributed by atoms with Crippen molar-refractivity contribution in [3.05, 3.63) is 51.0 Å². The van der Waals surface area contributed by atoms with Gasteiger partial charge in [0, 0.05) is 31.9 Å². The third-order valence-corrected chi connectivity index (χ3v) is 8.23. The quantitative estimate of drug-likeness (QED) is 0.701. The van der Waals surface area contributed by atoms with Crippen molar-refractivity contribution in [3.8, 4) is 5.75 Å². The molecule has 2 aromatic carbocycles. The molecule has 1 fully saturated rings. The summed E-state index contributed by atoms with van der Waals surface area (Å²) in [4.78, 5) is 2.50. The van der Waals surface area contributed by atoms with E-state index in [-0.39, 0.29) is 0 Å². The third kappa shape index (κ3) is 3.83. The minimum Gasteiger partial charge on any atom is -0.496 e. The fraction of sp³-hybridized carbons (Fsp3) is 0.400. The van der Waals surface area contributed by atoms with E-state index in [1.165, 1.54) is 0 Å². The van der Waals surface area contributed by atoms with E-state index in [0.717, 1.165) is 16.8 Å². The summed E-state index contributed by atoms with van der Waals surface area (Å²) in [5.74, 6) is 0.707. The van der Waals surface area contributed by atoms with E-state index in [1.54, 1.807) is 23.5 Å². The molecule has 152 valence electrons. The molecule has 0 amide bonds. The predicted octanol–water partition coefficient (Wildman–Crippen LogP) is 4.44. The number of sulfonamides is 1. The Morgan fingerprint density at radius 2 is 1.57 bits per heavy atom. The highest BCUT2D eigenvalue weighted by atomic mass is 35.5. The zero-order chi connectivity index (χ0) is 20.6. The summed E-state index contributed by atoms with van der Waals surface area (Å²) in [6.07, 6.45) is 0. The smallest absolute Gasteiger partial charge is 0.243 e. The number of halogens is 2. The maximum Gasteiger partial charge on any atom is 0.243 e. The lowest BCUT2D eigenvalue weighted by Gasteiger charge is -2.36. The largest absolute Gasteiger partial charge is 0.496 e. The maximum atomic E-state index is 13.4. The molecule has 2 aromatic rings. The van der Waals surface area contributed by atoms with Gasteiger partial charge in [0.1, 0.15) is 5.75 Å². The van der Waals surface area contributed by atoms with Gasteiger partial charge in [-0.1, -0.05) is 23.2 Å². The maximum absolute atomic E-state index is 13.4. The van der Waals surface area contributed by atoms with Crippen molar-refractivity contribution in [2.45, 2.75) is 25.7 Å². The number of hydrogen-bond acceptors (Lipinski definition) is 4. The van der Waals surface area contributed by atoms with Gasteiger partial charge in [-0.25, -0.2) is 8.42 Å². The van der Waals surface area contributed by atoms with Gasteiger partial charge in [0.15, 0.2) is 0 Å². The number of ether oxygens (including phenoxy) is 1. The molecule has 0 aromatic heterocycles. The minimum absolute atomic E-state index is 0.383. The van der Waals surface area contributed by atoms with E-state index in [2.05, 4.69) is 4.90 Å². The Balaban J connectivity index is 1.84. The van der Waals surface area contributed by atoms with E-state index in [9.17, 15) is 8.42 Å². The lowest BCUT2D eigenvalue weighted by Crippen LogP contribution is -2.49. The number of hydrogen-bond donors (Lipinski definition) is 0. The van der Waals surface area contributed by atoms with Crippen molar-refractivity contribution < 1.29 is 13.2 Å². The van der Waals surface area contributed by atoms with Crippen molar-refractivity contribution in [2.75, 3.05) is 38.2 Å². The molecule has 0 bridgehead atoms. The monoisotopic (exact) mass is 442 g/mol. The molecular formula is C20H24Cl2N2O3S. The molecule has 1 aliphatic rings. The molecule has 0 atom stereocenters. The van der Waals surface area contributed by atoms with Crippen LogP contribution >= 0.6 is 23.2 Å². The molecule has 0 N–H and O–H groups in total. The van der Waals surface area contributed by atoms with Gasteiger partial charge in [-0.05, 0) is 61.7 Å². The molecule has 3 rings (SSSR count). The van der Waals surface area contributed by atoms with Gasteiger partial charge in [-0.2, -0.15) is 4.31 Å². The number of anilines is 1. The Morgan fingerprint density at radius 3 is 2.14 bits per heavy atom. The van der Waals surface area contributed by atoms with Crippen LogP contribution in [0.25, 0.3) is 0 Å². The second-order valence-corrected chi connectivity index (χ2v) is 9.65. The zero-order valence-electron chi connectivity index (χ0n) is 16.4. The molecule has 5 nitrogen and oxygen atoms in total. The molecule has 8 heteroatoms. The van der Waals surface area contributed by atoms with Gasteiger partial charge in [-0.15, -0.1) is 0 Å². The lowest BCUT2D eigenvalue weighted by molar-refractivity contribution is 0.384. The number of methoxy groups -OCH3 is 1. The molecule has 0 unspecified atom stereocenters. The minimum atomic E-state index is -3.59. The van der Waals surface area contributed by atoms with Crippen molar-refractivity contribution in [2.24, 2.45) is 0 Å². The average Bonchev–Trinajstić information content (AvgIpc) is 2.67. The summed E-state index contributed by atoms with van der Waals surface area (Å²) in [6.45, 7) is 7.53. The number of aryl methyl sites for hydroxylation is 1. The summed E-state index contributed by atoms with van der Waals surface area (Å²) < 4.78 is 33.6. The van der Waals surface area contributed by atoms with Crippen LogP contribution in [-0.4, -0.2) is 46.0 Å². The lowest BCUT2D eigenvalue weighted by atomic mass is 10.1. The van der Waals surface area contributed by atoms with Crippen molar-refractivity contribution in [1.29, 1.82) is 0 Å². The standard InChI is InChI=1S/C20H24Cl2N2O3S/c1-13-11-19(27-4)14(2)15(3)20(13)28(25,26)24-9-7-23(8-10-24)16-5-6-17(21)18(22)12-16/h5-6,11-12H,7-10H2,1-4H3. The van der Waals surface area contributed by atoms with Crippen LogP contribution < -0.4 is 9.64 Å². The highest BCUT2D eigenvalue weighted by Gasteiger charge is 2.32. The molecule has 0 saturated carbocycles. The van der Waals surface area contributed by atoms with Crippen LogP contribution in [0.2, 0.25) is 10.0 Å². The zero-order valence-corrected chi connectivity index (χ0v) is 18.7. The number of benzene rings is 2. The van der Waals surface area contributed by atoms with E-state index in [0.29, 0.717) is 52.4 Å². The highest BCUT2D eigenvalue weighted by Crippen LogP contribution is 2.33. The Hall–Kier alpha value is -1.47. The molecule has 1 saturated heterocycles. The molecule has 1 aliphatic heterocycles. The predicted molar refractivity (Wildman–Crippen MR) is 115 cm³/mol. The molecule has 0 spiro atoms. The first kappa shape index (κ1) is 21.2. The highest BCUT2D eigenvalue weighted by molar-refractivity contribution is 7.89. The van der Waals surface area contributed by atoms with Gasteiger partial charge in [0.05, 0.1) is 22.1 Å². The van der Waals surface area contributed by atoms with E-state index in [1.807, 2.05) is 32.9 Å². The summed E-state index contributed by atoms with van der Waals surface area (Å²) in [6, 6.07) is 7.27. The Kier molecular flexibility index (Phi) is 6.15.